The lowest BCUT2D eigenvalue weighted by molar-refractivity contribution is 0.298. The number of aryl methyl sites for hydroxylation is 2. The minimum atomic E-state index is -0.550. The standard InChI is InChI=1S/C18H18BrClN2O3/c1-9(2)14-5-11(21-22(14)4)8-24-16-7-15-12(6-13(16)19)10(3)17(20)18(23)25-15/h5-7,9H,8H2,1-4H3. The average Bonchev–Trinajstić information content (AvgIpc) is 2.93. The molecule has 7 heteroatoms. The largest absolute Gasteiger partial charge is 0.486 e. The zero-order valence-corrected chi connectivity index (χ0v) is 16.7. The van der Waals surface area contributed by atoms with Gasteiger partial charge >= 0.3 is 5.63 Å². The summed E-state index contributed by atoms with van der Waals surface area (Å²) in [6.07, 6.45) is 0. The van der Waals surface area contributed by atoms with Crippen LogP contribution in [0, 0.1) is 6.92 Å². The molecule has 0 aliphatic rings. The maximum atomic E-state index is 11.8. The second-order valence-electron chi connectivity index (χ2n) is 6.23. The number of hydrogen-bond donors (Lipinski definition) is 0. The second-order valence-corrected chi connectivity index (χ2v) is 7.47. The van der Waals surface area contributed by atoms with E-state index in [0.29, 0.717) is 29.4 Å². The summed E-state index contributed by atoms with van der Waals surface area (Å²) in [6.45, 7) is 6.35. The predicted octanol–water partition coefficient (Wildman–Crippen LogP) is 4.95. The third kappa shape index (κ3) is 3.46. The van der Waals surface area contributed by atoms with Crippen LogP contribution in [0.5, 0.6) is 5.75 Å². The molecule has 0 aliphatic heterocycles. The molecule has 0 unspecified atom stereocenters. The molecular weight excluding hydrogens is 408 g/mol. The highest BCUT2D eigenvalue weighted by Crippen LogP contribution is 2.33. The van der Waals surface area contributed by atoms with Gasteiger partial charge in [0, 0.05) is 24.2 Å². The Hall–Kier alpha value is -1.79. The van der Waals surface area contributed by atoms with E-state index in [1.54, 1.807) is 13.0 Å². The normalized spacial score (nSPS) is 11.5. The van der Waals surface area contributed by atoms with Crippen LogP contribution < -0.4 is 10.4 Å². The van der Waals surface area contributed by atoms with Gasteiger partial charge in [0.15, 0.2) is 0 Å². The van der Waals surface area contributed by atoms with E-state index in [1.807, 2.05) is 23.9 Å². The third-order valence-corrected chi connectivity index (χ3v) is 5.14. The van der Waals surface area contributed by atoms with Crippen molar-refractivity contribution >= 4 is 38.5 Å². The van der Waals surface area contributed by atoms with Crippen LogP contribution in [0.1, 0.15) is 36.7 Å². The topological polar surface area (TPSA) is 57.3 Å². The van der Waals surface area contributed by atoms with E-state index in [9.17, 15) is 4.79 Å². The molecule has 0 amide bonds. The Morgan fingerprint density at radius 2 is 2.08 bits per heavy atom. The maximum Gasteiger partial charge on any atom is 0.355 e. The Morgan fingerprint density at radius 3 is 2.72 bits per heavy atom. The van der Waals surface area contributed by atoms with Crippen molar-refractivity contribution in [1.82, 2.24) is 9.78 Å². The number of aromatic nitrogens is 2. The highest BCUT2D eigenvalue weighted by atomic mass is 79.9. The maximum absolute atomic E-state index is 11.8. The van der Waals surface area contributed by atoms with Crippen LogP contribution in [-0.4, -0.2) is 9.78 Å². The number of benzene rings is 1. The molecule has 0 N–H and O–H groups in total. The van der Waals surface area contributed by atoms with Gasteiger partial charge in [-0.1, -0.05) is 25.4 Å². The van der Waals surface area contributed by atoms with Crippen molar-refractivity contribution in [3.63, 3.8) is 0 Å². The van der Waals surface area contributed by atoms with E-state index < -0.39 is 5.63 Å². The Balaban J connectivity index is 1.91. The van der Waals surface area contributed by atoms with Gasteiger partial charge in [0.05, 0.1) is 4.47 Å². The summed E-state index contributed by atoms with van der Waals surface area (Å²) >= 11 is 9.47. The summed E-state index contributed by atoms with van der Waals surface area (Å²) in [4.78, 5) is 11.8. The van der Waals surface area contributed by atoms with E-state index in [2.05, 4.69) is 34.9 Å². The van der Waals surface area contributed by atoms with Crippen LogP contribution in [0.4, 0.5) is 0 Å². The second kappa shape index (κ2) is 6.84. The molecule has 3 aromatic rings. The number of halogens is 2. The molecule has 0 spiro atoms. The first kappa shape index (κ1) is 18.0. The summed E-state index contributed by atoms with van der Waals surface area (Å²) < 4.78 is 13.8. The molecular formula is C18H18BrClN2O3. The van der Waals surface area contributed by atoms with Gasteiger partial charge in [-0.25, -0.2) is 4.79 Å². The summed E-state index contributed by atoms with van der Waals surface area (Å²) in [7, 11) is 1.92. The third-order valence-electron chi connectivity index (χ3n) is 4.08. The van der Waals surface area contributed by atoms with Crippen LogP contribution in [0.15, 0.2) is 31.9 Å². The summed E-state index contributed by atoms with van der Waals surface area (Å²) in [6, 6.07) is 5.56. The van der Waals surface area contributed by atoms with E-state index in [-0.39, 0.29) is 5.02 Å². The quantitative estimate of drug-likeness (QED) is 0.555. The zero-order chi connectivity index (χ0) is 18.3. The first-order chi connectivity index (χ1) is 11.8. The molecule has 0 saturated carbocycles. The minimum absolute atomic E-state index is 0.0998. The highest BCUT2D eigenvalue weighted by molar-refractivity contribution is 9.10. The molecule has 1 aromatic carbocycles. The molecule has 0 atom stereocenters. The molecule has 132 valence electrons. The van der Waals surface area contributed by atoms with Gasteiger partial charge in [-0.05, 0) is 46.5 Å². The first-order valence-electron chi connectivity index (χ1n) is 7.86. The van der Waals surface area contributed by atoms with Crippen molar-refractivity contribution in [2.24, 2.45) is 7.05 Å². The lowest BCUT2D eigenvalue weighted by Crippen LogP contribution is -2.03. The Labute approximate surface area is 158 Å². The molecule has 0 aliphatic carbocycles. The van der Waals surface area contributed by atoms with Crippen molar-refractivity contribution < 1.29 is 9.15 Å². The van der Waals surface area contributed by atoms with E-state index in [1.165, 1.54) is 0 Å². The van der Waals surface area contributed by atoms with Gasteiger partial charge in [-0.15, -0.1) is 0 Å². The fourth-order valence-electron chi connectivity index (χ4n) is 2.74. The number of nitrogens with zero attached hydrogens (tertiary/aromatic N) is 2. The average molecular weight is 426 g/mol. The molecule has 2 heterocycles. The molecule has 0 bridgehead atoms. The fourth-order valence-corrected chi connectivity index (χ4v) is 3.34. The predicted molar refractivity (Wildman–Crippen MR) is 102 cm³/mol. The van der Waals surface area contributed by atoms with Crippen molar-refractivity contribution in [2.75, 3.05) is 0 Å². The SMILES string of the molecule is Cc1c(Cl)c(=O)oc2cc(OCc3cc(C(C)C)n(C)n3)c(Br)cc12. The molecule has 0 saturated heterocycles. The number of hydrogen-bond acceptors (Lipinski definition) is 4. The van der Waals surface area contributed by atoms with Crippen LogP contribution in [0.2, 0.25) is 5.02 Å². The molecule has 0 fully saturated rings. The lowest BCUT2D eigenvalue weighted by Gasteiger charge is -2.09. The molecule has 25 heavy (non-hydrogen) atoms. The highest BCUT2D eigenvalue weighted by Gasteiger charge is 2.14. The van der Waals surface area contributed by atoms with E-state index in [0.717, 1.165) is 21.2 Å². The monoisotopic (exact) mass is 424 g/mol. The van der Waals surface area contributed by atoms with Crippen LogP contribution >= 0.6 is 27.5 Å². The fraction of sp³-hybridized carbons (Fsp3) is 0.333. The Bertz CT molecular complexity index is 1010. The van der Waals surface area contributed by atoms with Gasteiger partial charge < -0.3 is 9.15 Å². The summed E-state index contributed by atoms with van der Waals surface area (Å²) in [5.41, 5.74) is 2.56. The van der Waals surface area contributed by atoms with E-state index >= 15 is 0 Å². The van der Waals surface area contributed by atoms with Crippen LogP contribution in [0.25, 0.3) is 11.0 Å². The summed E-state index contributed by atoms with van der Waals surface area (Å²) in [5.74, 6) is 0.967. The zero-order valence-electron chi connectivity index (χ0n) is 14.4. The number of ether oxygens (including phenoxy) is 1. The molecule has 5 nitrogen and oxygen atoms in total. The van der Waals surface area contributed by atoms with Crippen molar-refractivity contribution in [2.45, 2.75) is 33.3 Å². The minimum Gasteiger partial charge on any atom is -0.486 e. The van der Waals surface area contributed by atoms with Crippen LogP contribution in [0.3, 0.4) is 0 Å². The van der Waals surface area contributed by atoms with Crippen molar-refractivity contribution in [1.29, 1.82) is 0 Å². The molecule has 3 rings (SSSR count). The van der Waals surface area contributed by atoms with Crippen molar-refractivity contribution in [3.05, 3.63) is 55.1 Å². The lowest BCUT2D eigenvalue weighted by atomic mass is 10.1. The Kier molecular flexibility index (Phi) is 4.93. The molecule has 0 radical (unpaired) electrons. The van der Waals surface area contributed by atoms with E-state index in [4.69, 9.17) is 20.8 Å². The number of fused-ring (bicyclic) bond motifs is 1. The summed E-state index contributed by atoms with van der Waals surface area (Å²) in [5, 5.41) is 5.33. The van der Waals surface area contributed by atoms with Gasteiger partial charge in [-0.3, -0.25) is 4.68 Å². The van der Waals surface area contributed by atoms with Gasteiger partial charge in [0.1, 0.15) is 28.7 Å². The molecule has 2 aromatic heterocycles. The van der Waals surface area contributed by atoms with Gasteiger partial charge in [0.25, 0.3) is 0 Å². The number of rotatable bonds is 4. The smallest absolute Gasteiger partial charge is 0.355 e. The Morgan fingerprint density at radius 1 is 1.36 bits per heavy atom. The van der Waals surface area contributed by atoms with Gasteiger partial charge in [0.2, 0.25) is 0 Å². The van der Waals surface area contributed by atoms with Crippen molar-refractivity contribution in [3.8, 4) is 5.75 Å². The van der Waals surface area contributed by atoms with Gasteiger partial charge in [-0.2, -0.15) is 5.10 Å². The van der Waals surface area contributed by atoms with Crippen LogP contribution in [-0.2, 0) is 13.7 Å². The first-order valence-corrected chi connectivity index (χ1v) is 9.03.